The molecule has 1 saturated heterocycles. The van der Waals surface area contributed by atoms with Gasteiger partial charge in [-0.05, 0) is 23.3 Å². The van der Waals surface area contributed by atoms with Gasteiger partial charge in [-0.2, -0.15) is 0 Å². The molecule has 7 heteroatoms. The fraction of sp³-hybridized carbons (Fsp3) is 0.273. The number of amides is 1. The first-order valence-corrected chi connectivity index (χ1v) is 10.4. The van der Waals surface area contributed by atoms with Crippen LogP contribution >= 0.6 is 11.3 Å². The Labute approximate surface area is 173 Å². The SMILES string of the molecule is O=C(NCc1ccccc1CN1CCOCC1)c1csc(-c2ccccc2F)n1. The Bertz CT molecular complexity index is 985. The highest BCUT2D eigenvalue weighted by molar-refractivity contribution is 7.13. The van der Waals surface area contributed by atoms with Crippen molar-refractivity contribution in [2.75, 3.05) is 26.3 Å². The third kappa shape index (κ3) is 4.87. The number of nitrogens with one attached hydrogen (secondary N) is 1. The molecule has 4 rings (SSSR count). The summed E-state index contributed by atoms with van der Waals surface area (Å²) in [5, 5.41) is 5.10. The van der Waals surface area contributed by atoms with Gasteiger partial charge in [0.2, 0.25) is 0 Å². The van der Waals surface area contributed by atoms with E-state index in [0.29, 0.717) is 22.8 Å². The number of hydrogen-bond acceptors (Lipinski definition) is 5. The molecule has 0 unspecified atom stereocenters. The maximum absolute atomic E-state index is 13.9. The van der Waals surface area contributed by atoms with Gasteiger partial charge in [0, 0.05) is 37.1 Å². The molecule has 29 heavy (non-hydrogen) atoms. The first kappa shape index (κ1) is 19.7. The molecule has 3 aromatic rings. The molecule has 2 heterocycles. The first-order chi connectivity index (χ1) is 14.2. The summed E-state index contributed by atoms with van der Waals surface area (Å²) in [6.07, 6.45) is 0. The number of halogens is 1. The summed E-state index contributed by atoms with van der Waals surface area (Å²) in [4.78, 5) is 19.2. The molecule has 5 nitrogen and oxygen atoms in total. The molecule has 0 saturated carbocycles. The van der Waals surface area contributed by atoms with Crippen LogP contribution in [0.4, 0.5) is 4.39 Å². The zero-order valence-corrected chi connectivity index (χ0v) is 16.8. The molecule has 0 spiro atoms. The minimum Gasteiger partial charge on any atom is -0.379 e. The van der Waals surface area contributed by atoms with Crippen LogP contribution in [-0.2, 0) is 17.8 Å². The Morgan fingerprint density at radius 1 is 1.10 bits per heavy atom. The standard InChI is InChI=1S/C22H22FN3O2S/c23-19-8-4-3-7-18(19)22-25-20(15-29-22)21(27)24-13-16-5-1-2-6-17(16)14-26-9-11-28-12-10-26/h1-8,15H,9-14H2,(H,24,27). The van der Waals surface area contributed by atoms with Gasteiger partial charge in [0.15, 0.2) is 0 Å². The summed E-state index contributed by atoms with van der Waals surface area (Å²) in [6.45, 7) is 4.60. The molecule has 1 fully saturated rings. The molecule has 0 aliphatic carbocycles. The van der Waals surface area contributed by atoms with Crippen molar-refractivity contribution in [3.05, 3.63) is 76.5 Å². The predicted octanol–water partition coefficient (Wildman–Crippen LogP) is 3.71. The summed E-state index contributed by atoms with van der Waals surface area (Å²) >= 11 is 1.26. The fourth-order valence-corrected chi connectivity index (χ4v) is 4.11. The van der Waals surface area contributed by atoms with Crippen molar-refractivity contribution in [2.24, 2.45) is 0 Å². The topological polar surface area (TPSA) is 54.5 Å². The highest BCUT2D eigenvalue weighted by Crippen LogP contribution is 2.26. The molecule has 150 valence electrons. The smallest absolute Gasteiger partial charge is 0.271 e. The minimum atomic E-state index is -0.342. The summed E-state index contributed by atoms with van der Waals surface area (Å²) in [5.74, 6) is -0.601. The lowest BCUT2D eigenvalue weighted by Gasteiger charge is -2.27. The van der Waals surface area contributed by atoms with Crippen molar-refractivity contribution in [3.63, 3.8) is 0 Å². The molecule has 0 radical (unpaired) electrons. The van der Waals surface area contributed by atoms with E-state index in [-0.39, 0.29) is 11.7 Å². The van der Waals surface area contributed by atoms with E-state index < -0.39 is 0 Å². The predicted molar refractivity (Wildman–Crippen MR) is 111 cm³/mol. The summed E-state index contributed by atoms with van der Waals surface area (Å²) in [5.41, 5.74) is 2.99. The van der Waals surface area contributed by atoms with Crippen LogP contribution in [0, 0.1) is 5.82 Å². The van der Waals surface area contributed by atoms with Crippen molar-refractivity contribution in [1.82, 2.24) is 15.2 Å². The second kappa shape index (κ2) is 9.26. The van der Waals surface area contributed by atoms with Crippen molar-refractivity contribution in [3.8, 4) is 10.6 Å². The number of carbonyl (C=O) groups is 1. The molecular weight excluding hydrogens is 389 g/mol. The normalized spacial score (nSPS) is 14.7. The number of morpholine rings is 1. The fourth-order valence-electron chi connectivity index (χ4n) is 3.29. The molecule has 1 aliphatic heterocycles. The largest absolute Gasteiger partial charge is 0.379 e. The highest BCUT2D eigenvalue weighted by Gasteiger charge is 2.16. The molecule has 0 bridgehead atoms. The monoisotopic (exact) mass is 411 g/mol. The van der Waals surface area contributed by atoms with Crippen molar-refractivity contribution in [2.45, 2.75) is 13.1 Å². The quantitative estimate of drug-likeness (QED) is 0.672. The van der Waals surface area contributed by atoms with Gasteiger partial charge in [-0.15, -0.1) is 11.3 Å². The molecule has 1 amide bonds. The summed E-state index contributed by atoms with van der Waals surface area (Å²) < 4.78 is 19.4. The first-order valence-electron chi connectivity index (χ1n) is 9.56. The molecule has 0 atom stereocenters. The van der Waals surface area contributed by atoms with Crippen molar-refractivity contribution >= 4 is 17.2 Å². The van der Waals surface area contributed by atoms with Crippen LogP contribution in [0.15, 0.2) is 53.9 Å². The van der Waals surface area contributed by atoms with Gasteiger partial charge in [-0.3, -0.25) is 9.69 Å². The summed E-state index contributed by atoms with van der Waals surface area (Å²) in [7, 11) is 0. The van der Waals surface area contributed by atoms with Crippen LogP contribution in [0.3, 0.4) is 0 Å². The lowest BCUT2D eigenvalue weighted by Crippen LogP contribution is -2.36. The van der Waals surface area contributed by atoms with Crippen LogP contribution in [0.25, 0.3) is 10.6 Å². The van der Waals surface area contributed by atoms with E-state index >= 15 is 0 Å². The van der Waals surface area contributed by atoms with E-state index in [1.165, 1.54) is 23.0 Å². The van der Waals surface area contributed by atoms with Crippen molar-refractivity contribution < 1.29 is 13.9 Å². The van der Waals surface area contributed by atoms with E-state index in [0.717, 1.165) is 38.4 Å². The van der Waals surface area contributed by atoms with Gasteiger partial charge in [0.05, 0.1) is 13.2 Å². The Morgan fingerprint density at radius 2 is 1.83 bits per heavy atom. The summed E-state index contributed by atoms with van der Waals surface area (Å²) in [6, 6.07) is 14.6. The lowest BCUT2D eigenvalue weighted by molar-refractivity contribution is 0.0340. The van der Waals surface area contributed by atoms with Crippen LogP contribution in [-0.4, -0.2) is 42.1 Å². The number of hydrogen-bond donors (Lipinski definition) is 1. The molecule has 2 aromatic carbocycles. The van der Waals surface area contributed by atoms with E-state index in [1.54, 1.807) is 23.6 Å². The number of aromatic nitrogens is 1. The second-order valence-corrected chi connectivity index (χ2v) is 7.72. The van der Waals surface area contributed by atoms with E-state index in [2.05, 4.69) is 21.3 Å². The molecule has 1 aromatic heterocycles. The molecule has 1 N–H and O–H groups in total. The third-order valence-corrected chi connectivity index (χ3v) is 5.77. The van der Waals surface area contributed by atoms with E-state index in [9.17, 15) is 9.18 Å². The maximum Gasteiger partial charge on any atom is 0.271 e. The van der Waals surface area contributed by atoms with Gasteiger partial charge in [-0.25, -0.2) is 9.37 Å². The maximum atomic E-state index is 13.9. The number of nitrogens with zero attached hydrogens (tertiary/aromatic N) is 2. The molecule has 1 aliphatic rings. The Morgan fingerprint density at radius 3 is 2.62 bits per heavy atom. The zero-order valence-electron chi connectivity index (χ0n) is 15.9. The zero-order chi connectivity index (χ0) is 20.1. The van der Waals surface area contributed by atoms with Gasteiger partial charge >= 0.3 is 0 Å². The Balaban J connectivity index is 1.41. The number of thiazole rings is 1. The van der Waals surface area contributed by atoms with Gasteiger partial charge in [0.25, 0.3) is 5.91 Å². The lowest BCUT2D eigenvalue weighted by atomic mass is 10.1. The van der Waals surface area contributed by atoms with Gasteiger partial charge < -0.3 is 10.1 Å². The van der Waals surface area contributed by atoms with E-state index in [1.807, 2.05) is 18.2 Å². The number of carbonyl (C=O) groups excluding carboxylic acids is 1. The second-order valence-electron chi connectivity index (χ2n) is 6.86. The highest BCUT2D eigenvalue weighted by atomic mass is 32.1. The van der Waals surface area contributed by atoms with Crippen molar-refractivity contribution in [1.29, 1.82) is 0 Å². The average molecular weight is 412 g/mol. The minimum absolute atomic E-state index is 0.259. The van der Waals surface area contributed by atoms with Crippen LogP contribution in [0.2, 0.25) is 0 Å². The number of benzene rings is 2. The van der Waals surface area contributed by atoms with Gasteiger partial charge in [-0.1, -0.05) is 36.4 Å². The molecular formula is C22H22FN3O2S. The number of ether oxygens (including phenoxy) is 1. The van der Waals surface area contributed by atoms with E-state index in [4.69, 9.17) is 4.74 Å². The average Bonchev–Trinajstić information content (AvgIpc) is 3.24. The van der Waals surface area contributed by atoms with Crippen LogP contribution in [0.1, 0.15) is 21.6 Å². The van der Waals surface area contributed by atoms with Crippen LogP contribution in [0.5, 0.6) is 0 Å². The van der Waals surface area contributed by atoms with Gasteiger partial charge in [0.1, 0.15) is 16.5 Å². The third-order valence-electron chi connectivity index (χ3n) is 4.90. The Kier molecular flexibility index (Phi) is 6.29. The van der Waals surface area contributed by atoms with Crippen LogP contribution < -0.4 is 5.32 Å². The number of rotatable bonds is 6. The Hall–Kier alpha value is -2.61.